The topological polar surface area (TPSA) is 65.4 Å². The number of hydrogen-bond donors (Lipinski definition) is 1. The molecule has 3 aromatic rings. The largest absolute Gasteiger partial charge is 0.490 e. The summed E-state index contributed by atoms with van der Waals surface area (Å²) in [7, 11) is 0. The van der Waals surface area contributed by atoms with Crippen LogP contribution >= 0.6 is 0 Å². The van der Waals surface area contributed by atoms with Crippen molar-refractivity contribution in [2.75, 3.05) is 13.2 Å². The summed E-state index contributed by atoms with van der Waals surface area (Å²) in [5, 5.41) is 7.58. The molecule has 0 spiro atoms. The molecule has 0 bridgehead atoms. The van der Waals surface area contributed by atoms with Gasteiger partial charge in [-0.3, -0.25) is 4.79 Å². The lowest BCUT2D eigenvalue weighted by Gasteiger charge is -2.11. The first-order chi connectivity index (χ1) is 15.0. The Morgan fingerprint density at radius 2 is 1.74 bits per heavy atom. The molecule has 0 unspecified atom stereocenters. The van der Waals surface area contributed by atoms with Gasteiger partial charge in [0.2, 0.25) is 5.91 Å². The number of carbonyl (C=O) groups excluding carboxylic acids is 1. The number of benzene rings is 2. The number of hydrogen-bond acceptors (Lipinski definition) is 4. The molecule has 0 saturated carbocycles. The van der Waals surface area contributed by atoms with Crippen LogP contribution in [0.1, 0.15) is 36.4 Å². The maximum absolute atomic E-state index is 12.4. The van der Waals surface area contributed by atoms with Gasteiger partial charge >= 0.3 is 0 Å². The van der Waals surface area contributed by atoms with Crippen LogP contribution in [0.25, 0.3) is 11.8 Å². The maximum atomic E-state index is 12.4. The van der Waals surface area contributed by atoms with Crippen molar-refractivity contribution in [1.82, 2.24) is 15.1 Å². The van der Waals surface area contributed by atoms with Crippen molar-refractivity contribution in [3.63, 3.8) is 0 Å². The molecule has 0 aliphatic heterocycles. The van der Waals surface area contributed by atoms with E-state index in [2.05, 4.69) is 10.4 Å². The van der Waals surface area contributed by atoms with E-state index in [0.717, 1.165) is 28.2 Å². The maximum Gasteiger partial charge on any atom is 0.244 e. The van der Waals surface area contributed by atoms with Gasteiger partial charge in [-0.15, -0.1) is 0 Å². The third-order valence-electron chi connectivity index (χ3n) is 4.88. The average molecular weight is 420 g/mol. The van der Waals surface area contributed by atoms with Crippen molar-refractivity contribution >= 4 is 12.0 Å². The van der Waals surface area contributed by atoms with E-state index < -0.39 is 0 Å². The van der Waals surface area contributed by atoms with Crippen molar-refractivity contribution < 1.29 is 14.3 Å². The van der Waals surface area contributed by atoms with Gasteiger partial charge < -0.3 is 14.8 Å². The van der Waals surface area contributed by atoms with Gasteiger partial charge in [-0.25, -0.2) is 4.68 Å². The number of nitrogens with one attached hydrogen (secondary N) is 1. The number of aryl methyl sites for hydroxylation is 1. The molecule has 2 aromatic carbocycles. The predicted molar refractivity (Wildman–Crippen MR) is 123 cm³/mol. The number of carbonyl (C=O) groups is 1. The van der Waals surface area contributed by atoms with Gasteiger partial charge in [0.15, 0.2) is 11.5 Å². The van der Waals surface area contributed by atoms with E-state index in [-0.39, 0.29) is 5.91 Å². The lowest BCUT2D eigenvalue weighted by Crippen LogP contribution is -2.21. The Balaban J connectivity index is 1.66. The summed E-state index contributed by atoms with van der Waals surface area (Å²) in [6, 6.07) is 15.6. The third-order valence-corrected chi connectivity index (χ3v) is 4.88. The average Bonchev–Trinajstić information content (AvgIpc) is 3.06. The highest BCUT2D eigenvalue weighted by Crippen LogP contribution is 2.29. The smallest absolute Gasteiger partial charge is 0.244 e. The molecule has 1 aromatic heterocycles. The molecular formula is C25H29N3O3. The van der Waals surface area contributed by atoms with E-state index >= 15 is 0 Å². The number of amides is 1. The van der Waals surface area contributed by atoms with Crippen LogP contribution in [0.3, 0.4) is 0 Å². The zero-order valence-electron chi connectivity index (χ0n) is 18.5. The fourth-order valence-corrected chi connectivity index (χ4v) is 3.33. The molecule has 3 rings (SSSR count). The number of para-hydroxylation sites is 1. The number of nitrogens with zero attached hydrogens (tertiary/aromatic N) is 2. The highest BCUT2D eigenvalue weighted by atomic mass is 16.5. The molecule has 0 aliphatic rings. The minimum Gasteiger partial charge on any atom is -0.490 e. The van der Waals surface area contributed by atoms with Crippen molar-refractivity contribution in [1.29, 1.82) is 0 Å². The molecule has 0 saturated heterocycles. The van der Waals surface area contributed by atoms with E-state index in [1.54, 1.807) is 6.08 Å². The van der Waals surface area contributed by atoms with Crippen LogP contribution in [0.5, 0.6) is 11.5 Å². The Labute approximate surface area is 183 Å². The first-order valence-electron chi connectivity index (χ1n) is 10.5. The first-order valence-corrected chi connectivity index (χ1v) is 10.5. The number of rotatable bonds is 9. The highest BCUT2D eigenvalue weighted by molar-refractivity contribution is 5.91. The van der Waals surface area contributed by atoms with Gasteiger partial charge in [-0.05, 0) is 63.6 Å². The summed E-state index contributed by atoms with van der Waals surface area (Å²) >= 11 is 0. The van der Waals surface area contributed by atoms with Crippen LogP contribution in [0.15, 0.2) is 54.6 Å². The van der Waals surface area contributed by atoms with E-state index in [1.807, 2.05) is 80.9 Å². The molecule has 0 radical (unpaired) electrons. The summed E-state index contributed by atoms with van der Waals surface area (Å²) in [5.74, 6) is 1.21. The van der Waals surface area contributed by atoms with Crippen LogP contribution in [-0.4, -0.2) is 28.9 Å². The lowest BCUT2D eigenvalue weighted by molar-refractivity contribution is -0.116. The number of aromatic nitrogens is 2. The molecular weight excluding hydrogens is 390 g/mol. The summed E-state index contributed by atoms with van der Waals surface area (Å²) in [5.41, 5.74) is 4.80. The van der Waals surface area contributed by atoms with Crippen molar-refractivity contribution in [2.45, 2.75) is 34.2 Å². The second kappa shape index (κ2) is 10.5. The Morgan fingerprint density at radius 1 is 1.03 bits per heavy atom. The van der Waals surface area contributed by atoms with Crippen LogP contribution < -0.4 is 14.8 Å². The summed E-state index contributed by atoms with van der Waals surface area (Å²) in [6.07, 6.45) is 3.29. The second-order valence-electron chi connectivity index (χ2n) is 7.02. The molecule has 1 N–H and O–H groups in total. The van der Waals surface area contributed by atoms with Crippen molar-refractivity contribution in [3.05, 3.63) is 77.1 Å². The predicted octanol–water partition coefficient (Wildman–Crippen LogP) is 4.62. The van der Waals surface area contributed by atoms with E-state index in [1.165, 1.54) is 6.08 Å². The molecule has 0 atom stereocenters. The molecule has 31 heavy (non-hydrogen) atoms. The number of ether oxygens (including phenoxy) is 2. The summed E-state index contributed by atoms with van der Waals surface area (Å²) in [4.78, 5) is 12.4. The normalized spacial score (nSPS) is 11.0. The fraction of sp³-hybridized carbons (Fsp3) is 0.280. The van der Waals surface area contributed by atoms with Gasteiger partial charge in [0.25, 0.3) is 0 Å². The van der Waals surface area contributed by atoms with Crippen LogP contribution in [-0.2, 0) is 11.3 Å². The molecule has 1 heterocycles. The quantitative estimate of drug-likeness (QED) is 0.514. The molecule has 162 valence electrons. The molecule has 0 fully saturated rings. The summed E-state index contributed by atoms with van der Waals surface area (Å²) < 4.78 is 13.1. The molecule has 6 nitrogen and oxygen atoms in total. The van der Waals surface area contributed by atoms with Crippen LogP contribution in [0, 0.1) is 13.8 Å². The van der Waals surface area contributed by atoms with Crippen LogP contribution in [0.4, 0.5) is 0 Å². The highest BCUT2D eigenvalue weighted by Gasteiger charge is 2.13. The Kier molecular flexibility index (Phi) is 7.49. The molecule has 0 aliphatic carbocycles. The van der Waals surface area contributed by atoms with E-state index in [4.69, 9.17) is 9.47 Å². The van der Waals surface area contributed by atoms with Gasteiger partial charge in [0.1, 0.15) is 0 Å². The zero-order valence-corrected chi connectivity index (χ0v) is 18.5. The summed E-state index contributed by atoms with van der Waals surface area (Å²) in [6.45, 7) is 9.36. The van der Waals surface area contributed by atoms with Gasteiger partial charge in [0.05, 0.1) is 24.6 Å². The Morgan fingerprint density at radius 3 is 2.45 bits per heavy atom. The zero-order chi connectivity index (χ0) is 22.2. The monoisotopic (exact) mass is 419 g/mol. The standard InChI is InChI=1S/C25H29N3O3/c1-5-30-23-14-12-20(16-24(23)31-6-2)13-15-25(29)26-17-22-18(3)27-28(19(22)4)21-10-8-7-9-11-21/h7-16H,5-6,17H2,1-4H3,(H,26,29)/b15-13+. The first kappa shape index (κ1) is 22.2. The van der Waals surface area contributed by atoms with Gasteiger partial charge in [-0.2, -0.15) is 5.10 Å². The minimum absolute atomic E-state index is 0.168. The third kappa shape index (κ3) is 5.54. The van der Waals surface area contributed by atoms with E-state index in [9.17, 15) is 4.79 Å². The second-order valence-corrected chi connectivity index (χ2v) is 7.02. The van der Waals surface area contributed by atoms with Crippen molar-refractivity contribution in [3.8, 4) is 17.2 Å². The van der Waals surface area contributed by atoms with Crippen molar-refractivity contribution in [2.24, 2.45) is 0 Å². The molecule has 6 heteroatoms. The Hall–Kier alpha value is -3.54. The fourth-order valence-electron chi connectivity index (χ4n) is 3.33. The van der Waals surface area contributed by atoms with E-state index in [0.29, 0.717) is 31.3 Å². The lowest BCUT2D eigenvalue weighted by atomic mass is 10.1. The Bertz CT molecular complexity index is 1060. The van der Waals surface area contributed by atoms with Gasteiger partial charge in [-0.1, -0.05) is 24.3 Å². The SMILES string of the molecule is CCOc1ccc(/C=C/C(=O)NCc2c(C)nn(-c3ccccc3)c2C)cc1OCC. The van der Waals surface area contributed by atoms with Gasteiger partial charge in [0, 0.05) is 23.9 Å². The van der Waals surface area contributed by atoms with Crippen LogP contribution in [0.2, 0.25) is 0 Å². The molecule has 1 amide bonds. The minimum atomic E-state index is -0.168.